The van der Waals surface area contributed by atoms with Gasteiger partial charge in [0, 0.05) is 12.1 Å². The highest BCUT2D eigenvalue weighted by Gasteiger charge is 2.27. The predicted molar refractivity (Wildman–Crippen MR) is 59.4 cm³/mol. The van der Waals surface area contributed by atoms with Gasteiger partial charge in [0.05, 0.1) is 6.10 Å². The largest absolute Gasteiger partial charge is 0.368 e. The van der Waals surface area contributed by atoms with E-state index in [-0.39, 0.29) is 30.7 Å². The van der Waals surface area contributed by atoms with Crippen molar-refractivity contribution in [2.75, 3.05) is 6.61 Å². The minimum atomic E-state index is -0.0309. The summed E-state index contributed by atoms with van der Waals surface area (Å²) in [7, 11) is 0. The molecule has 15 heavy (non-hydrogen) atoms. The Balaban J connectivity index is 2.08. The van der Waals surface area contributed by atoms with Crippen LogP contribution in [0.2, 0.25) is 0 Å². The fourth-order valence-corrected chi connectivity index (χ4v) is 1.40. The Morgan fingerprint density at radius 3 is 2.53 bits per heavy atom. The standard InChI is InChI=1S/C11H22N2O2/c1-7(2)8(3)13-11(14)6-15-10-4-9(12)5-10/h7-10H,4-6,12H2,1-3H3,(H,13,14). The van der Waals surface area contributed by atoms with Gasteiger partial charge in [-0.2, -0.15) is 0 Å². The van der Waals surface area contributed by atoms with Crippen molar-refractivity contribution in [3.05, 3.63) is 0 Å². The molecule has 0 aromatic carbocycles. The van der Waals surface area contributed by atoms with Crippen molar-refractivity contribution < 1.29 is 9.53 Å². The van der Waals surface area contributed by atoms with Crippen molar-refractivity contribution in [2.24, 2.45) is 11.7 Å². The van der Waals surface area contributed by atoms with Crippen molar-refractivity contribution >= 4 is 5.91 Å². The van der Waals surface area contributed by atoms with Gasteiger partial charge in [0.1, 0.15) is 6.61 Å². The first-order valence-electron chi connectivity index (χ1n) is 5.65. The molecule has 0 radical (unpaired) electrons. The summed E-state index contributed by atoms with van der Waals surface area (Å²) in [6.07, 6.45) is 1.96. The zero-order valence-electron chi connectivity index (χ0n) is 9.82. The van der Waals surface area contributed by atoms with Gasteiger partial charge in [-0.1, -0.05) is 13.8 Å². The summed E-state index contributed by atoms with van der Waals surface area (Å²) in [5, 5.41) is 2.90. The number of carbonyl (C=O) groups excluding carboxylic acids is 1. The Labute approximate surface area is 91.5 Å². The number of nitrogens with one attached hydrogen (secondary N) is 1. The second-order valence-electron chi connectivity index (χ2n) is 4.76. The van der Waals surface area contributed by atoms with Crippen LogP contribution < -0.4 is 11.1 Å². The number of amides is 1. The van der Waals surface area contributed by atoms with E-state index in [1.807, 2.05) is 6.92 Å². The predicted octanol–water partition coefficient (Wildman–Crippen LogP) is 0.653. The molecule has 4 heteroatoms. The Kier molecular flexibility index (Phi) is 4.54. The van der Waals surface area contributed by atoms with Crippen LogP contribution in [0.4, 0.5) is 0 Å². The third-order valence-corrected chi connectivity index (χ3v) is 2.97. The van der Waals surface area contributed by atoms with E-state index in [9.17, 15) is 4.79 Å². The van der Waals surface area contributed by atoms with Gasteiger partial charge in [-0.05, 0) is 25.7 Å². The lowest BCUT2D eigenvalue weighted by Gasteiger charge is -2.32. The van der Waals surface area contributed by atoms with E-state index in [1.54, 1.807) is 0 Å². The number of nitrogens with two attached hydrogens (primary N) is 1. The van der Waals surface area contributed by atoms with Crippen LogP contribution in [0, 0.1) is 5.92 Å². The van der Waals surface area contributed by atoms with Crippen molar-refractivity contribution in [1.29, 1.82) is 0 Å². The third kappa shape index (κ3) is 4.18. The molecule has 0 heterocycles. The van der Waals surface area contributed by atoms with Gasteiger partial charge in [-0.25, -0.2) is 0 Å². The van der Waals surface area contributed by atoms with Crippen LogP contribution in [-0.2, 0) is 9.53 Å². The Morgan fingerprint density at radius 1 is 1.47 bits per heavy atom. The third-order valence-electron chi connectivity index (χ3n) is 2.97. The molecule has 88 valence electrons. The molecular formula is C11H22N2O2. The number of rotatable bonds is 5. The average Bonchev–Trinajstić information content (AvgIpc) is 2.10. The van der Waals surface area contributed by atoms with Crippen molar-refractivity contribution in [2.45, 2.75) is 51.8 Å². The molecule has 0 bridgehead atoms. The molecule has 1 aliphatic rings. The first kappa shape index (κ1) is 12.5. The molecule has 0 aliphatic heterocycles. The van der Waals surface area contributed by atoms with Gasteiger partial charge in [0.25, 0.3) is 0 Å². The number of ether oxygens (including phenoxy) is 1. The normalized spacial score (nSPS) is 27.3. The fourth-order valence-electron chi connectivity index (χ4n) is 1.40. The summed E-state index contributed by atoms with van der Waals surface area (Å²) in [6, 6.07) is 0.470. The lowest BCUT2D eigenvalue weighted by molar-refractivity contribution is -0.130. The zero-order chi connectivity index (χ0) is 11.4. The average molecular weight is 214 g/mol. The van der Waals surface area contributed by atoms with E-state index in [4.69, 9.17) is 10.5 Å². The molecule has 1 saturated carbocycles. The van der Waals surface area contributed by atoms with Gasteiger partial charge in [-0.3, -0.25) is 4.79 Å². The zero-order valence-corrected chi connectivity index (χ0v) is 9.82. The smallest absolute Gasteiger partial charge is 0.246 e. The van der Waals surface area contributed by atoms with Gasteiger partial charge in [-0.15, -0.1) is 0 Å². The first-order valence-corrected chi connectivity index (χ1v) is 5.65. The quantitative estimate of drug-likeness (QED) is 0.706. The molecule has 1 fully saturated rings. The number of hydrogen-bond acceptors (Lipinski definition) is 3. The Morgan fingerprint density at radius 2 is 2.07 bits per heavy atom. The Hall–Kier alpha value is -0.610. The van der Waals surface area contributed by atoms with Crippen LogP contribution in [0.1, 0.15) is 33.6 Å². The van der Waals surface area contributed by atoms with E-state index in [0.29, 0.717) is 5.92 Å². The van der Waals surface area contributed by atoms with Crippen LogP contribution in [0.15, 0.2) is 0 Å². The molecule has 3 N–H and O–H groups in total. The summed E-state index contributed by atoms with van der Waals surface area (Å²) in [5.41, 5.74) is 5.62. The maximum Gasteiger partial charge on any atom is 0.246 e. The van der Waals surface area contributed by atoms with E-state index >= 15 is 0 Å². The monoisotopic (exact) mass is 214 g/mol. The van der Waals surface area contributed by atoms with E-state index in [1.165, 1.54) is 0 Å². The number of hydrogen-bond donors (Lipinski definition) is 2. The van der Waals surface area contributed by atoms with E-state index < -0.39 is 0 Å². The second-order valence-corrected chi connectivity index (χ2v) is 4.76. The molecule has 1 rings (SSSR count). The van der Waals surface area contributed by atoms with Crippen LogP contribution in [0.3, 0.4) is 0 Å². The molecule has 1 amide bonds. The molecule has 0 aromatic heterocycles. The van der Waals surface area contributed by atoms with E-state index in [2.05, 4.69) is 19.2 Å². The number of carbonyl (C=O) groups is 1. The minimum absolute atomic E-state index is 0.0309. The molecule has 0 spiro atoms. The summed E-state index contributed by atoms with van der Waals surface area (Å²) in [4.78, 5) is 11.4. The maximum atomic E-state index is 11.4. The molecule has 4 nitrogen and oxygen atoms in total. The van der Waals surface area contributed by atoms with Gasteiger partial charge >= 0.3 is 0 Å². The lowest BCUT2D eigenvalue weighted by Crippen LogP contribution is -2.44. The molecule has 1 unspecified atom stereocenters. The molecular weight excluding hydrogens is 192 g/mol. The highest BCUT2D eigenvalue weighted by atomic mass is 16.5. The van der Waals surface area contributed by atoms with E-state index in [0.717, 1.165) is 12.8 Å². The molecule has 1 aliphatic carbocycles. The first-order chi connectivity index (χ1) is 6.99. The topological polar surface area (TPSA) is 64.3 Å². The van der Waals surface area contributed by atoms with Gasteiger partial charge in [0.2, 0.25) is 5.91 Å². The summed E-state index contributed by atoms with van der Waals surface area (Å²) >= 11 is 0. The maximum absolute atomic E-state index is 11.4. The van der Waals surface area contributed by atoms with Crippen LogP contribution in [0.25, 0.3) is 0 Å². The summed E-state index contributed by atoms with van der Waals surface area (Å²) in [5.74, 6) is 0.419. The molecule has 0 saturated heterocycles. The summed E-state index contributed by atoms with van der Waals surface area (Å²) in [6.45, 7) is 6.32. The van der Waals surface area contributed by atoms with Crippen LogP contribution in [-0.4, -0.2) is 30.7 Å². The second kappa shape index (κ2) is 5.47. The van der Waals surface area contributed by atoms with Crippen molar-refractivity contribution in [1.82, 2.24) is 5.32 Å². The van der Waals surface area contributed by atoms with Gasteiger partial charge in [0.15, 0.2) is 0 Å². The minimum Gasteiger partial charge on any atom is -0.368 e. The highest BCUT2D eigenvalue weighted by Crippen LogP contribution is 2.20. The Bertz CT molecular complexity index is 213. The summed E-state index contributed by atoms with van der Waals surface area (Å²) < 4.78 is 5.40. The van der Waals surface area contributed by atoms with Crippen molar-refractivity contribution in [3.8, 4) is 0 Å². The van der Waals surface area contributed by atoms with Crippen molar-refractivity contribution in [3.63, 3.8) is 0 Å². The molecule has 1 atom stereocenters. The molecule has 0 aromatic rings. The SMILES string of the molecule is CC(C)C(C)NC(=O)COC1CC(N)C1. The lowest BCUT2D eigenvalue weighted by atomic mass is 9.90. The van der Waals surface area contributed by atoms with Crippen LogP contribution in [0.5, 0.6) is 0 Å². The highest BCUT2D eigenvalue weighted by molar-refractivity contribution is 5.77. The van der Waals surface area contributed by atoms with Gasteiger partial charge < -0.3 is 15.8 Å². The fraction of sp³-hybridized carbons (Fsp3) is 0.909. The van der Waals surface area contributed by atoms with Crippen LogP contribution >= 0.6 is 0 Å².